The van der Waals surface area contributed by atoms with E-state index in [-0.39, 0.29) is 31.0 Å². The first-order valence-corrected chi connectivity index (χ1v) is 8.51. The van der Waals surface area contributed by atoms with E-state index in [0.29, 0.717) is 11.4 Å². The second-order valence-corrected chi connectivity index (χ2v) is 6.49. The monoisotopic (exact) mass is 336 g/mol. The molecule has 1 aliphatic carbocycles. The van der Waals surface area contributed by atoms with Gasteiger partial charge in [-0.1, -0.05) is 36.4 Å². The van der Waals surface area contributed by atoms with Gasteiger partial charge in [0.2, 0.25) is 5.91 Å². The minimum atomic E-state index is -0.188. The number of rotatable bonds is 3. The Morgan fingerprint density at radius 1 is 1.20 bits per heavy atom. The number of aryl methyl sites for hydroxylation is 1. The van der Waals surface area contributed by atoms with Crippen LogP contribution in [0.4, 0.5) is 5.69 Å². The van der Waals surface area contributed by atoms with Crippen LogP contribution in [0.2, 0.25) is 0 Å². The van der Waals surface area contributed by atoms with Gasteiger partial charge in [0.25, 0.3) is 5.91 Å². The summed E-state index contributed by atoms with van der Waals surface area (Å²) in [5, 5.41) is 0. The summed E-state index contributed by atoms with van der Waals surface area (Å²) in [6.07, 6.45) is 1.91. The van der Waals surface area contributed by atoms with Crippen molar-refractivity contribution in [1.29, 1.82) is 0 Å². The van der Waals surface area contributed by atoms with E-state index in [9.17, 15) is 9.59 Å². The van der Waals surface area contributed by atoms with Crippen LogP contribution in [0.5, 0.6) is 5.75 Å². The summed E-state index contributed by atoms with van der Waals surface area (Å²) >= 11 is 0. The van der Waals surface area contributed by atoms with E-state index in [0.717, 1.165) is 12.8 Å². The van der Waals surface area contributed by atoms with Crippen molar-refractivity contribution >= 4 is 17.5 Å². The fraction of sp³-hybridized carbons (Fsp3) is 0.300. The Morgan fingerprint density at radius 2 is 1.96 bits per heavy atom. The summed E-state index contributed by atoms with van der Waals surface area (Å²) in [6, 6.07) is 15.7. The topological polar surface area (TPSA) is 49.9 Å². The van der Waals surface area contributed by atoms with Gasteiger partial charge in [0, 0.05) is 7.05 Å². The molecular formula is C20H20N2O3. The second-order valence-electron chi connectivity index (χ2n) is 6.49. The molecule has 5 nitrogen and oxygen atoms in total. The molecule has 0 saturated carbocycles. The van der Waals surface area contributed by atoms with Gasteiger partial charge in [-0.2, -0.15) is 0 Å². The van der Waals surface area contributed by atoms with Gasteiger partial charge in [0.05, 0.1) is 11.7 Å². The molecule has 5 heteroatoms. The quantitative estimate of drug-likeness (QED) is 0.865. The summed E-state index contributed by atoms with van der Waals surface area (Å²) < 4.78 is 5.44. The zero-order valence-electron chi connectivity index (χ0n) is 14.1. The van der Waals surface area contributed by atoms with Crippen LogP contribution in [0.25, 0.3) is 0 Å². The highest BCUT2D eigenvalue weighted by atomic mass is 16.5. The Morgan fingerprint density at radius 3 is 2.84 bits per heavy atom. The molecule has 0 aromatic heterocycles. The zero-order chi connectivity index (χ0) is 17.4. The van der Waals surface area contributed by atoms with Gasteiger partial charge in [-0.3, -0.25) is 14.5 Å². The maximum absolute atomic E-state index is 12.9. The van der Waals surface area contributed by atoms with Crippen molar-refractivity contribution < 1.29 is 14.3 Å². The normalized spacial score (nSPS) is 18.4. The molecule has 0 radical (unpaired) electrons. The van der Waals surface area contributed by atoms with Crippen LogP contribution in [-0.2, 0) is 16.0 Å². The summed E-state index contributed by atoms with van der Waals surface area (Å²) in [5.74, 6) is 0.391. The van der Waals surface area contributed by atoms with Gasteiger partial charge in [-0.15, -0.1) is 0 Å². The van der Waals surface area contributed by atoms with Crippen LogP contribution in [0.15, 0.2) is 48.5 Å². The van der Waals surface area contributed by atoms with Crippen LogP contribution in [0, 0.1) is 0 Å². The van der Waals surface area contributed by atoms with Crippen molar-refractivity contribution in [2.45, 2.75) is 18.9 Å². The molecule has 1 atom stereocenters. The number of hydrogen-bond donors (Lipinski definition) is 0. The van der Waals surface area contributed by atoms with Crippen LogP contribution in [0.1, 0.15) is 23.6 Å². The summed E-state index contributed by atoms with van der Waals surface area (Å²) in [6.45, 7) is 0.00857. The van der Waals surface area contributed by atoms with Crippen molar-refractivity contribution in [3.05, 3.63) is 59.7 Å². The minimum Gasteiger partial charge on any atom is -0.482 e. The number of likely N-dealkylation sites (N-methyl/N-ethyl adjacent to an activating group) is 1. The van der Waals surface area contributed by atoms with Crippen LogP contribution >= 0.6 is 0 Å². The number of hydrogen-bond acceptors (Lipinski definition) is 3. The number of fused-ring (bicyclic) bond motifs is 2. The maximum Gasteiger partial charge on any atom is 0.265 e. The lowest BCUT2D eigenvalue weighted by Crippen LogP contribution is -2.46. The Hall–Kier alpha value is -2.82. The van der Waals surface area contributed by atoms with Gasteiger partial charge >= 0.3 is 0 Å². The second kappa shape index (κ2) is 6.24. The van der Waals surface area contributed by atoms with Crippen molar-refractivity contribution in [1.82, 2.24) is 4.90 Å². The summed E-state index contributed by atoms with van der Waals surface area (Å²) in [5.41, 5.74) is 3.18. The third-order valence-electron chi connectivity index (χ3n) is 5.06. The van der Waals surface area contributed by atoms with Gasteiger partial charge in [0.1, 0.15) is 12.3 Å². The van der Waals surface area contributed by atoms with E-state index in [4.69, 9.17) is 4.74 Å². The highest BCUT2D eigenvalue weighted by Gasteiger charge is 2.32. The predicted octanol–water partition coefficient (Wildman–Crippen LogP) is 2.56. The number of anilines is 1. The molecule has 128 valence electrons. The fourth-order valence-corrected chi connectivity index (χ4v) is 3.68. The SMILES string of the molecule is CN(C(=O)CN1C(=O)COc2ccccc21)C1CCc2ccccc21. The number of para-hydroxylation sites is 2. The highest BCUT2D eigenvalue weighted by Crippen LogP contribution is 2.36. The van der Waals surface area contributed by atoms with E-state index < -0.39 is 0 Å². The number of ether oxygens (including phenoxy) is 1. The largest absolute Gasteiger partial charge is 0.482 e. The highest BCUT2D eigenvalue weighted by molar-refractivity contribution is 6.02. The third kappa shape index (κ3) is 2.76. The first-order valence-electron chi connectivity index (χ1n) is 8.51. The number of nitrogens with zero attached hydrogens (tertiary/aromatic N) is 2. The van der Waals surface area contributed by atoms with Crippen LogP contribution in [-0.4, -0.2) is 36.9 Å². The molecule has 25 heavy (non-hydrogen) atoms. The third-order valence-corrected chi connectivity index (χ3v) is 5.06. The average Bonchev–Trinajstić information content (AvgIpc) is 3.07. The molecule has 2 amide bonds. The molecule has 2 aromatic rings. The van der Waals surface area contributed by atoms with E-state index in [1.807, 2.05) is 43.4 Å². The van der Waals surface area contributed by atoms with Gasteiger partial charge in [-0.25, -0.2) is 0 Å². The first-order chi connectivity index (χ1) is 12.1. The van der Waals surface area contributed by atoms with Crippen molar-refractivity contribution in [2.75, 3.05) is 25.1 Å². The lowest BCUT2D eigenvalue weighted by molar-refractivity contribution is -0.132. The van der Waals surface area contributed by atoms with Crippen molar-refractivity contribution in [3.63, 3.8) is 0 Å². The Bertz CT molecular complexity index is 833. The van der Waals surface area contributed by atoms with E-state index in [1.54, 1.807) is 4.90 Å². The molecule has 0 N–H and O–H groups in total. The number of carbonyl (C=O) groups excluding carboxylic acids is 2. The lowest BCUT2D eigenvalue weighted by Gasteiger charge is -2.32. The fourth-order valence-electron chi connectivity index (χ4n) is 3.68. The molecule has 1 aliphatic heterocycles. The molecule has 0 saturated heterocycles. The molecule has 1 heterocycles. The number of amides is 2. The van der Waals surface area contributed by atoms with Gasteiger partial charge in [0.15, 0.2) is 6.61 Å². The lowest BCUT2D eigenvalue weighted by atomic mass is 10.1. The van der Waals surface area contributed by atoms with Crippen molar-refractivity contribution in [2.24, 2.45) is 0 Å². The van der Waals surface area contributed by atoms with Gasteiger partial charge in [-0.05, 0) is 36.1 Å². The summed E-state index contributed by atoms with van der Waals surface area (Å²) in [7, 11) is 1.83. The standard InChI is InChI=1S/C20H20N2O3/c1-21(16-11-10-14-6-2-3-7-15(14)16)19(23)12-22-17-8-4-5-9-18(17)25-13-20(22)24/h2-9,16H,10-13H2,1H3. The minimum absolute atomic E-state index is 0.0275. The maximum atomic E-state index is 12.9. The first kappa shape index (κ1) is 15.7. The van der Waals surface area contributed by atoms with E-state index in [2.05, 4.69) is 12.1 Å². The number of carbonyl (C=O) groups is 2. The Labute approximate surface area is 146 Å². The predicted molar refractivity (Wildman–Crippen MR) is 94.6 cm³/mol. The summed E-state index contributed by atoms with van der Waals surface area (Å²) in [4.78, 5) is 28.4. The number of benzene rings is 2. The molecule has 2 aliphatic rings. The molecule has 0 bridgehead atoms. The van der Waals surface area contributed by atoms with E-state index >= 15 is 0 Å². The zero-order valence-corrected chi connectivity index (χ0v) is 14.1. The Balaban J connectivity index is 1.54. The molecule has 4 rings (SSSR count). The smallest absolute Gasteiger partial charge is 0.265 e. The molecule has 0 spiro atoms. The molecule has 0 fully saturated rings. The van der Waals surface area contributed by atoms with Crippen LogP contribution < -0.4 is 9.64 Å². The molecule has 2 aromatic carbocycles. The Kier molecular flexibility index (Phi) is 3.92. The molecular weight excluding hydrogens is 316 g/mol. The average molecular weight is 336 g/mol. The van der Waals surface area contributed by atoms with Gasteiger partial charge < -0.3 is 9.64 Å². The van der Waals surface area contributed by atoms with Crippen molar-refractivity contribution in [3.8, 4) is 5.75 Å². The van der Waals surface area contributed by atoms with E-state index in [1.165, 1.54) is 16.0 Å². The molecule has 1 unspecified atom stereocenters. The van der Waals surface area contributed by atoms with Crippen LogP contribution in [0.3, 0.4) is 0 Å².